The lowest BCUT2D eigenvalue weighted by molar-refractivity contribution is 0.330. The molecule has 0 atom stereocenters. The van der Waals surface area contributed by atoms with Gasteiger partial charge in [0.25, 0.3) is 0 Å². The van der Waals surface area contributed by atoms with Crippen molar-refractivity contribution in [3.8, 4) is 0 Å². The summed E-state index contributed by atoms with van der Waals surface area (Å²) in [6.07, 6.45) is 0. The molecule has 8 nitrogen and oxygen atoms in total. The summed E-state index contributed by atoms with van der Waals surface area (Å²) in [5, 5.41) is 14.4. The molecule has 0 spiro atoms. The van der Waals surface area contributed by atoms with Gasteiger partial charge in [-0.3, -0.25) is 10.8 Å². The second kappa shape index (κ2) is 4.18. The second-order valence-electron chi connectivity index (χ2n) is 1.72. The minimum atomic E-state index is -0.378. The highest BCUT2D eigenvalue weighted by Gasteiger charge is 2.05. The predicted octanol–water partition coefficient (Wildman–Crippen LogP) is -2.67. The monoisotopic (exact) mass is 190 g/mol. The molecule has 0 unspecified atom stereocenters. The van der Waals surface area contributed by atoms with Crippen LogP contribution in [0.5, 0.6) is 0 Å². The van der Waals surface area contributed by atoms with Crippen molar-refractivity contribution in [2.24, 2.45) is 17.2 Å². The number of rotatable bonds is 0. The average Bonchev–Trinajstić information content (AvgIpc) is 1.83. The van der Waals surface area contributed by atoms with E-state index in [-0.39, 0.29) is 17.0 Å². The zero-order valence-electron chi connectivity index (χ0n) is 6.09. The minimum absolute atomic E-state index is 0.139. The first-order chi connectivity index (χ1) is 5.43. The summed E-state index contributed by atoms with van der Waals surface area (Å²) in [4.78, 5) is 0. The standard InChI is InChI=1S/C3H10N8S/c4-1(5)9-11(3(8)12)10-2(6)7/h(H2,8,12)(H4,4,5,9)(H4,6,7,10). The van der Waals surface area contributed by atoms with Crippen molar-refractivity contribution in [1.29, 1.82) is 10.8 Å². The molecule has 0 bridgehead atoms. The van der Waals surface area contributed by atoms with Gasteiger partial charge >= 0.3 is 0 Å². The fourth-order valence-electron chi connectivity index (χ4n) is 0.379. The third-order valence-corrected chi connectivity index (χ3v) is 0.867. The lowest BCUT2D eigenvalue weighted by Crippen LogP contribution is -2.60. The summed E-state index contributed by atoms with van der Waals surface area (Å²) in [6.45, 7) is 0. The third-order valence-electron chi connectivity index (χ3n) is 0.685. The van der Waals surface area contributed by atoms with Crippen molar-refractivity contribution in [3.05, 3.63) is 0 Å². The SMILES string of the molecule is N=C(N)NN(NC(=N)N)C(N)=S. The van der Waals surface area contributed by atoms with Gasteiger partial charge in [0.2, 0.25) is 17.0 Å². The molecule has 0 fully saturated rings. The number of hydrogen-bond donors (Lipinski definition) is 7. The van der Waals surface area contributed by atoms with Gasteiger partial charge in [-0.25, -0.2) is 10.9 Å². The average molecular weight is 190 g/mol. The highest BCUT2D eigenvalue weighted by atomic mass is 32.1. The quantitative estimate of drug-likeness (QED) is 0.0951. The fraction of sp³-hybridized carbons (Fsp3) is 0. The van der Waals surface area contributed by atoms with Crippen molar-refractivity contribution < 1.29 is 0 Å². The van der Waals surface area contributed by atoms with E-state index in [1.807, 2.05) is 0 Å². The van der Waals surface area contributed by atoms with Gasteiger partial charge in [0.15, 0.2) is 0 Å². The number of nitrogens with zero attached hydrogens (tertiary/aromatic N) is 1. The lowest BCUT2D eigenvalue weighted by Gasteiger charge is -2.22. The van der Waals surface area contributed by atoms with Crippen LogP contribution in [0.4, 0.5) is 0 Å². The first-order valence-corrected chi connectivity index (χ1v) is 3.15. The predicted molar refractivity (Wildman–Crippen MR) is 48.7 cm³/mol. The van der Waals surface area contributed by atoms with Crippen LogP contribution in [0.25, 0.3) is 0 Å². The summed E-state index contributed by atoms with van der Waals surface area (Å²) in [5.74, 6) is -0.756. The van der Waals surface area contributed by atoms with Crippen LogP contribution in [0, 0.1) is 10.8 Å². The molecule has 0 aromatic carbocycles. The fourth-order valence-corrected chi connectivity index (χ4v) is 0.470. The minimum Gasteiger partial charge on any atom is -0.373 e. The van der Waals surface area contributed by atoms with Crippen molar-refractivity contribution in [2.45, 2.75) is 0 Å². The zero-order chi connectivity index (χ0) is 9.72. The number of guanidine groups is 2. The largest absolute Gasteiger partial charge is 0.373 e. The van der Waals surface area contributed by atoms with E-state index in [1.54, 1.807) is 0 Å². The molecule has 0 aromatic rings. The van der Waals surface area contributed by atoms with Gasteiger partial charge in [-0.2, -0.15) is 5.12 Å². The molecule has 0 rings (SSSR count). The third kappa shape index (κ3) is 4.11. The molecule has 0 aromatic heterocycles. The molecule has 0 aliphatic carbocycles. The van der Waals surface area contributed by atoms with E-state index in [1.165, 1.54) is 0 Å². The van der Waals surface area contributed by atoms with Crippen LogP contribution in [-0.2, 0) is 0 Å². The first kappa shape index (κ1) is 10.2. The van der Waals surface area contributed by atoms with E-state index in [0.717, 1.165) is 5.12 Å². The van der Waals surface area contributed by atoms with Crippen molar-refractivity contribution in [3.63, 3.8) is 0 Å². The van der Waals surface area contributed by atoms with Gasteiger partial charge in [0, 0.05) is 0 Å². The van der Waals surface area contributed by atoms with E-state index >= 15 is 0 Å². The highest BCUT2D eigenvalue weighted by Crippen LogP contribution is 1.73. The Balaban J connectivity index is 4.14. The van der Waals surface area contributed by atoms with Crippen LogP contribution < -0.4 is 28.1 Å². The van der Waals surface area contributed by atoms with Gasteiger partial charge in [-0.05, 0) is 12.2 Å². The maximum absolute atomic E-state index is 6.82. The molecular weight excluding hydrogens is 180 g/mol. The van der Waals surface area contributed by atoms with Crippen LogP contribution in [0.3, 0.4) is 0 Å². The molecule has 68 valence electrons. The topological polar surface area (TPSA) is 153 Å². The maximum atomic E-state index is 6.82. The van der Waals surface area contributed by atoms with E-state index in [4.69, 9.17) is 28.0 Å². The molecule has 12 heavy (non-hydrogen) atoms. The van der Waals surface area contributed by atoms with E-state index in [9.17, 15) is 0 Å². The number of nitrogens with one attached hydrogen (secondary N) is 4. The Morgan fingerprint density at radius 1 is 1.08 bits per heavy atom. The smallest absolute Gasteiger partial charge is 0.206 e. The molecule has 0 aliphatic heterocycles. The Bertz CT molecular complexity index is 194. The van der Waals surface area contributed by atoms with E-state index < -0.39 is 0 Å². The maximum Gasteiger partial charge on any atom is 0.206 e. The molecular formula is C3H10N8S. The molecule has 0 saturated heterocycles. The second-order valence-corrected chi connectivity index (χ2v) is 2.14. The van der Waals surface area contributed by atoms with E-state index in [0.29, 0.717) is 0 Å². The first-order valence-electron chi connectivity index (χ1n) is 2.74. The Labute approximate surface area is 74.0 Å². The highest BCUT2D eigenvalue weighted by molar-refractivity contribution is 7.80. The summed E-state index contributed by atoms with van der Waals surface area (Å²) in [6, 6.07) is 0. The van der Waals surface area contributed by atoms with Gasteiger partial charge in [-0.1, -0.05) is 0 Å². The number of hydrogen-bond acceptors (Lipinski definition) is 3. The Morgan fingerprint density at radius 2 is 1.42 bits per heavy atom. The number of thiocarbonyl (C=S) groups is 1. The van der Waals surface area contributed by atoms with Crippen LogP contribution >= 0.6 is 12.2 Å². The summed E-state index contributed by atoms with van der Waals surface area (Å²) >= 11 is 4.53. The van der Waals surface area contributed by atoms with Crippen LogP contribution in [0.2, 0.25) is 0 Å². The summed E-state index contributed by atoms with van der Waals surface area (Å²) in [5.41, 5.74) is 19.5. The van der Waals surface area contributed by atoms with Crippen LogP contribution in [-0.4, -0.2) is 22.1 Å². The zero-order valence-corrected chi connectivity index (χ0v) is 6.90. The van der Waals surface area contributed by atoms with Crippen LogP contribution in [0.1, 0.15) is 0 Å². The van der Waals surface area contributed by atoms with Gasteiger partial charge in [0.1, 0.15) is 0 Å². The number of hydrazine groups is 2. The molecule has 0 aliphatic rings. The molecule has 0 radical (unpaired) electrons. The Kier molecular flexibility index (Phi) is 3.56. The summed E-state index contributed by atoms with van der Waals surface area (Å²) < 4.78 is 0. The molecule has 0 heterocycles. The molecule has 9 heteroatoms. The van der Waals surface area contributed by atoms with Crippen molar-refractivity contribution in [2.75, 3.05) is 0 Å². The van der Waals surface area contributed by atoms with Gasteiger partial charge in [-0.15, -0.1) is 0 Å². The van der Waals surface area contributed by atoms with Crippen LogP contribution in [0.15, 0.2) is 0 Å². The van der Waals surface area contributed by atoms with Gasteiger partial charge < -0.3 is 17.2 Å². The van der Waals surface area contributed by atoms with E-state index in [2.05, 4.69) is 23.1 Å². The molecule has 0 amide bonds. The Hall–Kier alpha value is -1.77. The van der Waals surface area contributed by atoms with Crippen molar-refractivity contribution in [1.82, 2.24) is 16.0 Å². The molecule has 10 N–H and O–H groups in total. The normalized spacial score (nSPS) is 8.33. The van der Waals surface area contributed by atoms with Crippen molar-refractivity contribution >= 4 is 29.2 Å². The Morgan fingerprint density at radius 3 is 1.58 bits per heavy atom. The molecule has 0 saturated carbocycles. The number of nitrogens with two attached hydrogens (primary N) is 3. The lowest BCUT2D eigenvalue weighted by atomic mass is 11.0. The van der Waals surface area contributed by atoms with Gasteiger partial charge in [0.05, 0.1) is 0 Å². The summed E-state index contributed by atoms with van der Waals surface area (Å²) in [7, 11) is 0.